The molecule has 4 rings (SSSR count). The van der Waals surface area contributed by atoms with Crippen LogP contribution in [-0.2, 0) is 11.3 Å². The quantitative estimate of drug-likeness (QED) is 0.659. The van der Waals surface area contributed by atoms with Gasteiger partial charge in [-0.1, -0.05) is 42.1 Å². The summed E-state index contributed by atoms with van der Waals surface area (Å²) in [5, 5.41) is 10.8. The van der Waals surface area contributed by atoms with Crippen molar-refractivity contribution in [2.75, 3.05) is 33.9 Å². The monoisotopic (exact) mass is 451 g/mol. The number of carbonyl (C=O) groups is 1. The van der Waals surface area contributed by atoms with Gasteiger partial charge in [0, 0.05) is 30.5 Å². The van der Waals surface area contributed by atoms with Crippen molar-refractivity contribution in [1.82, 2.24) is 9.80 Å². The van der Waals surface area contributed by atoms with E-state index in [9.17, 15) is 10.1 Å². The largest absolute Gasteiger partial charge is 0.496 e. The van der Waals surface area contributed by atoms with Crippen molar-refractivity contribution in [3.05, 3.63) is 64.2 Å². The van der Waals surface area contributed by atoms with Crippen molar-refractivity contribution < 1.29 is 19.0 Å². The lowest BCUT2D eigenvalue weighted by Gasteiger charge is -2.41. The van der Waals surface area contributed by atoms with Crippen molar-refractivity contribution >= 4 is 17.7 Å². The minimum Gasteiger partial charge on any atom is -0.496 e. The first kappa shape index (κ1) is 22.1. The van der Waals surface area contributed by atoms with Crippen LogP contribution in [0.3, 0.4) is 0 Å². The Bertz CT molecular complexity index is 1080. The molecule has 166 valence electrons. The number of methoxy groups -OCH3 is 3. The Morgan fingerprint density at radius 2 is 1.75 bits per heavy atom. The van der Waals surface area contributed by atoms with Crippen LogP contribution in [-0.4, -0.2) is 49.6 Å². The molecule has 2 aromatic carbocycles. The lowest BCUT2D eigenvalue weighted by Crippen LogP contribution is -2.46. The van der Waals surface area contributed by atoms with Crippen LogP contribution in [0.4, 0.5) is 0 Å². The zero-order chi connectivity index (χ0) is 22.7. The zero-order valence-corrected chi connectivity index (χ0v) is 19.1. The summed E-state index contributed by atoms with van der Waals surface area (Å²) in [6.45, 7) is 1.22. The van der Waals surface area contributed by atoms with Gasteiger partial charge in [0.25, 0.3) is 0 Å². The zero-order valence-electron chi connectivity index (χ0n) is 18.3. The minimum atomic E-state index is -0.401. The summed E-state index contributed by atoms with van der Waals surface area (Å²) >= 11 is 1.53. The van der Waals surface area contributed by atoms with E-state index in [1.54, 1.807) is 38.4 Å². The van der Waals surface area contributed by atoms with E-state index in [2.05, 4.69) is 23.1 Å². The predicted octanol–water partition coefficient (Wildman–Crippen LogP) is 3.93. The number of ether oxygens (including phenoxy) is 3. The van der Waals surface area contributed by atoms with E-state index >= 15 is 0 Å². The molecule has 0 aliphatic carbocycles. The average Bonchev–Trinajstić information content (AvgIpc) is 2.84. The molecule has 1 fully saturated rings. The van der Waals surface area contributed by atoms with Gasteiger partial charge in [-0.3, -0.25) is 14.6 Å². The van der Waals surface area contributed by atoms with Crippen molar-refractivity contribution in [2.45, 2.75) is 18.9 Å². The van der Waals surface area contributed by atoms with Crippen LogP contribution in [0.15, 0.2) is 53.1 Å². The van der Waals surface area contributed by atoms with Gasteiger partial charge in [0.2, 0.25) is 5.91 Å². The highest BCUT2D eigenvalue weighted by molar-refractivity contribution is 8.03. The van der Waals surface area contributed by atoms with E-state index < -0.39 is 5.92 Å². The first-order chi connectivity index (χ1) is 15.6. The standard InChI is InChI=1S/C24H25N3O4S/c1-29-20-11-22(31-3)21(30-2)9-18(20)17-10-23(28)27-14-26(13-16-7-5-4-6-8-16)15-32-24(27)19(17)12-25/h4-9,11,17H,10,13-15H2,1-3H3/t17-/m1/s1. The Morgan fingerprint density at radius 1 is 1.06 bits per heavy atom. The summed E-state index contributed by atoms with van der Waals surface area (Å²) in [7, 11) is 4.68. The molecule has 8 heteroatoms. The van der Waals surface area contributed by atoms with E-state index in [0.717, 1.165) is 17.1 Å². The highest BCUT2D eigenvalue weighted by Gasteiger charge is 2.39. The number of hydrogen-bond donors (Lipinski definition) is 0. The Hall–Kier alpha value is -3.15. The molecule has 2 heterocycles. The van der Waals surface area contributed by atoms with Gasteiger partial charge in [-0.05, 0) is 11.6 Å². The maximum absolute atomic E-state index is 13.2. The number of hydrogen-bond acceptors (Lipinski definition) is 7. The summed E-state index contributed by atoms with van der Waals surface area (Å²) in [6, 6.07) is 16.1. The third kappa shape index (κ3) is 4.14. The van der Waals surface area contributed by atoms with Crippen LogP contribution in [0, 0.1) is 11.3 Å². The van der Waals surface area contributed by atoms with Gasteiger partial charge in [-0.15, -0.1) is 0 Å². The maximum atomic E-state index is 13.2. The summed E-state index contributed by atoms with van der Waals surface area (Å²) in [4.78, 5) is 17.1. The fraction of sp³-hybridized carbons (Fsp3) is 0.333. The number of carbonyl (C=O) groups excluding carboxylic acids is 1. The third-order valence-corrected chi connectivity index (χ3v) is 6.92. The van der Waals surface area contributed by atoms with Crippen molar-refractivity contribution in [3.8, 4) is 23.3 Å². The first-order valence-corrected chi connectivity index (χ1v) is 11.2. The molecule has 7 nitrogen and oxygen atoms in total. The molecule has 0 spiro atoms. The first-order valence-electron chi connectivity index (χ1n) is 10.2. The number of rotatable bonds is 6. The van der Waals surface area contributed by atoms with Crippen LogP contribution in [0.5, 0.6) is 17.2 Å². The molecule has 1 amide bonds. The van der Waals surface area contributed by atoms with Gasteiger partial charge in [0.15, 0.2) is 11.5 Å². The highest BCUT2D eigenvalue weighted by atomic mass is 32.2. The number of thioether (sulfide) groups is 1. The van der Waals surface area contributed by atoms with E-state index in [1.165, 1.54) is 17.3 Å². The summed E-state index contributed by atoms with van der Waals surface area (Å²) in [6.07, 6.45) is 0.192. The molecule has 2 aliphatic heterocycles. The topological polar surface area (TPSA) is 75.0 Å². The fourth-order valence-corrected chi connectivity index (χ4v) is 5.28. The number of nitriles is 1. The Kier molecular flexibility index (Phi) is 6.58. The molecule has 0 saturated carbocycles. The molecular weight excluding hydrogens is 426 g/mol. The molecule has 0 bridgehead atoms. The van der Waals surface area contributed by atoms with E-state index in [-0.39, 0.29) is 12.3 Å². The number of fused-ring (bicyclic) bond motifs is 1. The molecule has 1 saturated heterocycles. The van der Waals surface area contributed by atoms with Gasteiger partial charge in [0.05, 0.1) is 50.5 Å². The molecule has 2 aromatic rings. The normalized spacial score (nSPS) is 18.8. The van der Waals surface area contributed by atoms with Gasteiger partial charge < -0.3 is 14.2 Å². The van der Waals surface area contributed by atoms with Crippen LogP contribution in [0.2, 0.25) is 0 Å². The average molecular weight is 452 g/mol. The van der Waals surface area contributed by atoms with Crippen LogP contribution in [0.25, 0.3) is 0 Å². The predicted molar refractivity (Wildman–Crippen MR) is 122 cm³/mol. The van der Waals surface area contributed by atoms with Gasteiger partial charge in [0.1, 0.15) is 5.75 Å². The Labute approximate surface area is 192 Å². The number of nitrogens with zero attached hydrogens (tertiary/aromatic N) is 3. The molecule has 0 N–H and O–H groups in total. The minimum absolute atomic E-state index is 0.00824. The molecular formula is C24H25N3O4S. The molecule has 0 aromatic heterocycles. The summed E-state index contributed by atoms with van der Waals surface area (Å²) < 4.78 is 16.4. The van der Waals surface area contributed by atoms with E-state index in [1.807, 2.05) is 18.2 Å². The van der Waals surface area contributed by atoms with Crippen molar-refractivity contribution in [2.24, 2.45) is 0 Å². The van der Waals surface area contributed by atoms with Gasteiger partial charge >= 0.3 is 0 Å². The van der Waals surface area contributed by atoms with E-state index in [4.69, 9.17) is 14.2 Å². The molecule has 32 heavy (non-hydrogen) atoms. The van der Waals surface area contributed by atoms with Crippen LogP contribution < -0.4 is 14.2 Å². The lowest BCUT2D eigenvalue weighted by molar-refractivity contribution is -0.131. The second kappa shape index (κ2) is 9.55. The molecule has 1 atom stereocenters. The molecule has 0 radical (unpaired) electrons. The third-order valence-electron chi connectivity index (χ3n) is 5.71. The smallest absolute Gasteiger partial charge is 0.229 e. The highest BCUT2D eigenvalue weighted by Crippen LogP contribution is 2.47. The van der Waals surface area contributed by atoms with Crippen molar-refractivity contribution in [3.63, 3.8) is 0 Å². The fourth-order valence-electron chi connectivity index (χ4n) is 4.14. The Morgan fingerprint density at radius 3 is 2.41 bits per heavy atom. The molecule has 2 aliphatic rings. The summed E-state index contributed by atoms with van der Waals surface area (Å²) in [5.74, 6) is 1.92. The second-order valence-electron chi connectivity index (χ2n) is 7.59. The maximum Gasteiger partial charge on any atom is 0.229 e. The second-order valence-corrected chi connectivity index (χ2v) is 8.52. The van der Waals surface area contributed by atoms with Gasteiger partial charge in [-0.25, -0.2) is 0 Å². The Balaban J connectivity index is 1.67. The molecule has 0 unspecified atom stereocenters. The number of amides is 1. The number of benzene rings is 2. The lowest BCUT2D eigenvalue weighted by atomic mass is 9.85. The van der Waals surface area contributed by atoms with Crippen LogP contribution >= 0.6 is 11.8 Å². The number of allylic oxidation sites excluding steroid dienone is 1. The SMILES string of the molecule is COc1cc(OC)c([C@H]2CC(=O)N3CN(Cc4ccccc4)CSC3=C2C#N)cc1OC. The summed E-state index contributed by atoms with van der Waals surface area (Å²) in [5.41, 5.74) is 2.52. The van der Waals surface area contributed by atoms with Crippen LogP contribution in [0.1, 0.15) is 23.5 Å². The van der Waals surface area contributed by atoms with Gasteiger partial charge in [-0.2, -0.15) is 5.26 Å². The van der Waals surface area contributed by atoms with Crippen molar-refractivity contribution in [1.29, 1.82) is 5.26 Å². The van der Waals surface area contributed by atoms with E-state index in [0.29, 0.717) is 35.4 Å².